The van der Waals surface area contributed by atoms with Crippen LogP contribution in [0.2, 0.25) is 0 Å². The number of piperidine rings is 1. The van der Waals surface area contributed by atoms with Crippen LogP contribution in [0.3, 0.4) is 0 Å². The molecule has 2 rings (SSSR count). The van der Waals surface area contributed by atoms with Gasteiger partial charge in [-0.2, -0.15) is 11.8 Å². The van der Waals surface area contributed by atoms with Crippen molar-refractivity contribution in [3.63, 3.8) is 0 Å². The molecule has 6 heteroatoms. The maximum absolute atomic E-state index is 12.5. The average Bonchev–Trinajstić information content (AvgIpc) is 2.60. The minimum absolute atomic E-state index is 0.0861. The molecule has 0 aromatic heterocycles. The highest BCUT2D eigenvalue weighted by molar-refractivity contribution is 7.98. The number of benzene rings is 1. The van der Waals surface area contributed by atoms with Gasteiger partial charge in [-0.25, -0.2) is 0 Å². The van der Waals surface area contributed by atoms with E-state index in [1.165, 1.54) is 0 Å². The molecule has 1 fully saturated rings. The summed E-state index contributed by atoms with van der Waals surface area (Å²) in [6.07, 6.45) is 4.68. The molecular weight excluding hydrogens is 310 g/mol. The number of thioether (sulfide) groups is 1. The summed E-state index contributed by atoms with van der Waals surface area (Å²) in [6, 6.07) is 8.68. The molecule has 126 valence electrons. The van der Waals surface area contributed by atoms with Gasteiger partial charge in [0.1, 0.15) is 6.04 Å². The lowest BCUT2D eigenvalue weighted by Gasteiger charge is -2.26. The number of carbonyl (C=O) groups is 2. The molecule has 2 amide bonds. The normalized spacial score (nSPS) is 18.9. The summed E-state index contributed by atoms with van der Waals surface area (Å²) >= 11 is 1.67. The van der Waals surface area contributed by atoms with E-state index >= 15 is 0 Å². The van der Waals surface area contributed by atoms with Crippen LogP contribution >= 0.6 is 11.8 Å². The monoisotopic (exact) mass is 335 g/mol. The average molecular weight is 335 g/mol. The van der Waals surface area contributed by atoms with E-state index in [9.17, 15) is 9.59 Å². The van der Waals surface area contributed by atoms with Gasteiger partial charge >= 0.3 is 0 Å². The Labute approximate surface area is 142 Å². The molecule has 2 atom stereocenters. The van der Waals surface area contributed by atoms with E-state index in [2.05, 4.69) is 16.0 Å². The zero-order valence-corrected chi connectivity index (χ0v) is 14.3. The van der Waals surface area contributed by atoms with Crippen molar-refractivity contribution in [3.8, 4) is 0 Å². The molecule has 0 bridgehead atoms. The first-order valence-electron chi connectivity index (χ1n) is 8.06. The van der Waals surface area contributed by atoms with E-state index in [0.717, 1.165) is 31.7 Å². The third-order valence-corrected chi connectivity index (χ3v) is 4.56. The Morgan fingerprint density at radius 1 is 1.35 bits per heavy atom. The Kier molecular flexibility index (Phi) is 7.42. The SMILES string of the molecule is CSCCC(NC(=O)c1ccccc1)C(=O)NC1CCCNC1. The summed E-state index contributed by atoms with van der Waals surface area (Å²) < 4.78 is 0. The molecule has 0 spiro atoms. The number of carbonyl (C=O) groups excluding carboxylic acids is 2. The van der Waals surface area contributed by atoms with Crippen molar-refractivity contribution in [2.75, 3.05) is 25.1 Å². The largest absolute Gasteiger partial charge is 0.350 e. The van der Waals surface area contributed by atoms with Crippen molar-refractivity contribution in [3.05, 3.63) is 35.9 Å². The van der Waals surface area contributed by atoms with Crippen LogP contribution in [0.1, 0.15) is 29.6 Å². The van der Waals surface area contributed by atoms with Crippen molar-refractivity contribution in [2.24, 2.45) is 0 Å². The number of nitrogens with one attached hydrogen (secondary N) is 3. The summed E-state index contributed by atoms with van der Waals surface area (Å²) in [5.41, 5.74) is 0.578. The highest BCUT2D eigenvalue weighted by Gasteiger charge is 2.24. The van der Waals surface area contributed by atoms with E-state index < -0.39 is 6.04 Å². The molecule has 1 aromatic rings. The summed E-state index contributed by atoms with van der Waals surface area (Å²) in [7, 11) is 0. The van der Waals surface area contributed by atoms with Gasteiger partial charge < -0.3 is 16.0 Å². The highest BCUT2D eigenvalue weighted by atomic mass is 32.2. The zero-order chi connectivity index (χ0) is 16.5. The van der Waals surface area contributed by atoms with Crippen LogP contribution in [0.25, 0.3) is 0 Å². The first-order chi connectivity index (χ1) is 11.2. The Morgan fingerprint density at radius 3 is 2.78 bits per heavy atom. The molecule has 3 N–H and O–H groups in total. The summed E-state index contributed by atoms with van der Waals surface area (Å²) in [5.74, 6) is 0.543. The molecule has 5 nitrogen and oxygen atoms in total. The van der Waals surface area contributed by atoms with Gasteiger partial charge in [-0.15, -0.1) is 0 Å². The van der Waals surface area contributed by atoms with E-state index in [0.29, 0.717) is 12.0 Å². The number of hydrogen-bond acceptors (Lipinski definition) is 4. The van der Waals surface area contributed by atoms with Crippen molar-refractivity contribution in [2.45, 2.75) is 31.3 Å². The highest BCUT2D eigenvalue weighted by Crippen LogP contribution is 2.06. The first kappa shape index (κ1) is 17.8. The van der Waals surface area contributed by atoms with Crippen LogP contribution in [0, 0.1) is 0 Å². The molecule has 1 aromatic carbocycles. The van der Waals surface area contributed by atoms with Crippen molar-refractivity contribution in [1.29, 1.82) is 0 Å². The molecule has 0 aliphatic carbocycles. The Morgan fingerprint density at radius 2 is 2.13 bits per heavy atom. The smallest absolute Gasteiger partial charge is 0.251 e. The van der Waals surface area contributed by atoms with Crippen LogP contribution in [0.5, 0.6) is 0 Å². The zero-order valence-electron chi connectivity index (χ0n) is 13.5. The Bertz CT molecular complexity index is 504. The molecule has 23 heavy (non-hydrogen) atoms. The third kappa shape index (κ3) is 5.88. The van der Waals surface area contributed by atoms with Crippen molar-refractivity contribution < 1.29 is 9.59 Å². The molecule has 1 aliphatic heterocycles. The molecule has 1 heterocycles. The van der Waals surface area contributed by atoms with Crippen LogP contribution in [0.15, 0.2) is 30.3 Å². The topological polar surface area (TPSA) is 70.2 Å². The van der Waals surface area contributed by atoms with E-state index in [-0.39, 0.29) is 17.9 Å². The lowest BCUT2D eigenvalue weighted by molar-refractivity contribution is -0.123. The fourth-order valence-electron chi connectivity index (χ4n) is 2.61. The maximum atomic E-state index is 12.5. The summed E-state index contributed by atoms with van der Waals surface area (Å²) in [4.78, 5) is 24.8. The number of hydrogen-bond donors (Lipinski definition) is 3. The molecule has 1 saturated heterocycles. The number of amides is 2. The Hall–Kier alpha value is -1.53. The second-order valence-electron chi connectivity index (χ2n) is 5.73. The standard InChI is InChI=1S/C17H25N3O2S/c1-23-11-9-15(17(22)19-14-8-5-10-18-12-14)20-16(21)13-6-3-2-4-7-13/h2-4,6-7,14-15,18H,5,8-12H2,1H3,(H,19,22)(H,20,21). The van der Waals surface area contributed by atoms with Crippen LogP contribution in [-0.2, 0) is 4.79 Å². The van der Waals surface area contributed by atoms with Gasteiger partial charge in [0.2, 0.25) is 5.91 Å². The molecule has 1 aliphatic rings. The lowest BCUT2D eigenvalue weighted by Crippen LogP contribution is -2.53. The number of rotatable bonds is 7. The predicted octanol–water partition coefficient (Wildman–Crippen LogP) is 1.41. The van der Waals surface area contributed by atoms with Crippen molar-refractivity contribution >= 4 is 23.6 Å². The van der Waals surface area contributed by atoms with Gasteiger partial charge in [-0.3, -0.25) is 9.59 Å². The quantitative estimate of drug-likeness (QED) is 0.705. The second-order valence-corrected chi connectivity index (χ2v) is 6.71. The lowest BCUT2D eigenvalue weighted by atomic mass is 10.1. The van der Waals surface area contributed by atoms with Crippen LogP contribution < -0.4 is 16.0 Å². The van der Waals surface area contributed by atoms with E-state index in [1.807, 2.05) is 24.5 Å². The van der Waals surface area contributed by atoms with Gasteiger partial charge in [-0.05, 0) is 49.9 Å². The fourth-order valence-corrected chi connectivity index (χ4v) is 3.08. The molecule has 0 radical (unpaired) electrons. The summed E-state index contributed by atoms with van der Waals surface area (Å²) in [6.45, 7) is 1.81. The van der Waals surface area contributed by atoms with Gasteiger partial charge in [0.25, 0.3) is 5.91 Å². The minimum atomic E-state index is -0.489. The first-order valence-corrected chi connectivity index (χ1v) is 9.46. The van der Waals surface area contributed by atoms with Gasteiger partial charge in [0, 0.05) is 18.2 Å². The molecular formula is C17H25N3O2S. The Balaban J connectivity index is 1.94. The van der Waals surface area contributed by atoms with Crippen LogP contribution in [0.4, 0.5) is 0 Å². The van der Waals surface area contributed by atoms with Gasteiger partial charge in [0.05, 0.1) is 0 Å². The maximum Gasteiger partial charge on any atom is 0.251 e. The van der Waals surface area contributed by atoms with E-state index in [1.54, 1.807) is 23.9 Å². The second kappa shape index (κ2) is 9.57. The van der Waals surface area contributed by atoms with Gasteiger partial charge in [-0.1, -0.05) is 18.2 Å². The minimum Gasteiger partial charge on any atom is -0.350 e. The van der Waals surface area contributed by atoms with Crippen LogP contribution in [-0.4, -0.2) is 49.0 Å². The predicted molar refractivity (Wildman–Crippen MR) is 94.7 cm³/mol. The van der Waals surface area contributed by atoms with Gasteiger partial charge in [0.15, 0.2) is 0 Å². The van der Waals surface area contributed by atoms with E-state index in [4.69, 9.17) is 0 Å². The molecule has 0 saturated carbocycles. The third-order valence-electron chi connectivity index (χ3n) is 3.91. The molecule has 2 unspecified atom stereocenters. The van der Waals surface area contributed by atoms with Crippen molar-refractivity contribution in [1.82, 2.24) is 16.0 Å². The summed E-state index contributed by atoms with van der Waals surface area (Å²) in [5, 5.41) is 9.21. The fraction of sp³-hybridized carbons (Fsp3) is 0.529.